The Hall–Kier alpha value is -1.57. The van der Waals surface area contributed by atoms with Crippen LogP contribution in [0.1, 0.15) is 6.92 Å². The van der Waals surface area contributed by atoms with Crippen LogP contribution in [0.25, 0.3) is 0 Å². The van der Waals surface area contributed by atoms with Crippen molar-refractivity contribution in [1.82, 2.24) is 4.98 Å². The largest absolute Gasteiger partial charge is 0.362 e. The molecule has 0 fully saturated rings. The predicted octanol–water partition coefficient (Wildman–Crippen LogP) is 2.58. The molecule has 1 heterocycles. The molecule has 0 spiro atoms. The summed E-state index contributed by atoms with van der Waals surface area (Å²) in [6, 6.07) is 3.83. The van der Waals surface area contributed by atoms with Crippen LogP contribution in [0.4, 0.5) is 5.69 Å². The Labute approximate surface area is 72.6 Å². The van der Waals surface area contributed by atoms with Crippen LogP contribution in [0.3, 0.4) is 0 Å². The van der Waals surface area contributed by atoms with Crippen LogP contribution in [-0.4, -0.2) is 4.98 Å². The zero-order valence-electron chi connectivity index (χ0n) is 7.07. The van der Waals surface area contributed by atoms with Gasteiger partial charge >= 0.3 is 0 Å². The van der Waals surface area contributed by atoms with E-state index in [1.807, 2.05) is 43.5 Å². The first kappa shape index (κ1) is 8.53. The molecule has 0 aliphatic rings. The molecule has 0 saturated heterocycles. The van der Waals surface area contributed by atoms with Crippen LogP contribution in [0.5, 0.6) is 0 Å². The third-order valence-electron chi connectivity index (χ3n) is 1.33. The monoisotopic (exact) mass is 160 g/mol. The van der Waals surface area contributed by atoms with Crippen molar-refractivity contribution in [2.75, 3.05) is 5.32 Å². The van der Waals surface area contributed by atoms with Gasteiger partial charge in [-0.2, -0.15) is 0 Å². The van der Waals surface area contributed by atoms with Gasteiger partial charge < -0.3 is 5.32 Å². The van der Waals surface area contributed by atoms with E-state index < -0.39 is 0 Å². The lowest BCUT2D eigenvalue weighted by Gasteiger charge is -1.96. The number of aromatic nitrogens is 1. The normalized spacial score (nSPS) is 11.1. The minimum atomic E-state index is 1.05. The summed E-state index contributed by atoms with van der Waals surface area (Å²) in [5.74, 6) is 0. The molecule has 1 aromatic heterocycles. The van der Waals surface area contributed by atoms with Gasteiger partial charge in [0.05, 0.1) is 0 Å². The maximum Gasteiger partial charge on any atom is 0.0410 e. The third-order valence-corrected chi connectivity index (χ3v) is 1.33. The van der Waals surface area contributed by atoms with Crippen molar-refractivity contribution in [3.05, 3.63) is 49.0 Å². The highest BCUT2D eigenvalue weighted by Crippen LogP contribution is 2.02. The number of rotatable bonds is 3. The average molecular weight is 160 g/mol. The molecule has 1 aromatic rings. The lowest BCUT2D eigenvalue weighted by molar-refractivity contribution is 1.32. The van der Waals surface area contributed by atoms with Crippen molar-refractivity contribution in [2.24, 2.45) is 0 Å². The first-order valence-corrected chi connectivity index (χ1v) is 3.88. The molecule has 0 unspecified atom stereocenters. The number of nitrogens with one attached hydrogen (secondary N) is 1. The second kappa shape index (κ2) is 5.13. The molecular formula is C10H12N2. The van der Waals surface area contributed by atoms with Crippen molar-refractivity contribution in [3.8, 4) is 0 Å². The first-order valence-electron chi connectivity index (χ1n) is 3.88. The number of allylic oxidation sites excluding steroid dienone is 3. The van der Waals surface area contributed by atoms with Gasteiger partial charge in [0.1, 0.15) is 0 Å². The van der Waals surface area contributed by atoms with Crippen molar-refractivity contribution in [3.63, 3.8) is 0 Å². The first-order chi connectivity index (χ1) is 5.93. The molecule has 0 amide bonds. The molecule has 0 bridgehead atoms. The maximum absolute atomic E-state index is 3.91. The average Bonchev–Trinajstić information content (AvgIpc) is 2.14. The summed E-state index contributed by atoms with van der Waals surface area (Å²) in [5, 5.41) is 3.11. The van der Waals surface area contributed by atoms with Gasteiger partial charge in [0.2, 0.25) is 0 Å². The van der Waals surface area contributed by atoms with Gasteiger partial charge in [-0.1, -0.05) is 12.2 Å². The van der Waals surface area contributed by atoms with E-state index in [-0.39, 0.29) is 0 Å². The van der Waals surface area contributed by atoms with Crippen LogP contribution in [0, 0.1) is 0 Å². The number of hydrogen-bond acceptors (Lipinski definition) is 2. The summed E-state index contributed by atoms with van der Waals surface area (Å²) >= 11 is 0. The molecule has 1 N–H and O–H groups in total. The van der Waals surface area contributed by atoms with Crippen molar-refractivity contribution in [1.29, 1.82) is 0 Å². The minimum absolute atomic E-state index is 1.05. The Morgan fingerprint density at radius 2 is 2.00 bits per heavy atom. The number of pyridine rings is 1. The van der Waals surface area contributed by atoms with Gasteiger partial charge in [0, 0.05) is 24.3 Å². The summed E-state index contributed by atoms with van der Waals surface area (Å²) in [6.45, 7) is 1.98. The van der Waals surface area contributed by atoms with E-state index in [1.54, 1.807) is 12.4 Å². The molecule has 0 aromatic carbocycles. The van der Waals surface area contributed by atoms with E-state index in [0.29, 0.717) is 0 Å². The van der Waals surface area contributed by atoms with Gasteiger partial charge in [0.15, 0.2) is 0 Å². The smallest absolute Gasteiger partial charge is 0.0410 e. The van der Waals surface area contributed by atoms with E-state index >= 15 is 0 Å². The predicted molar refractivity (Wildman–Crippen MR) is 51.8 cm³/mol. The highest BCUT2D eigenvalue weighted by molar-refractivity contribution is 5.43. The van der Waals surface area contributed by atoms with Gasteiger partial charge in [0.25, 0.3) is 0 Å². The van der Waals surface area contributed by atoms with E-state index in [1.165, 1.54) is 0 Å². The molecule has 0 aliphatic carbocycles. The SMILES string of the molecule is C/C=C\C=C/Nc1ccncc1. The van der Waals surface area contributed by atoms with Crippen LogP contribution >= 0.6 is 0 Å². The lowest BCUT2D eigenvalue weighted by Crippen LogP contribution is -1.85. The van der Waals surface area contributed by atoms with Gasteiger partial charge in [-0.25, -0.2) is 0 Å². The second-order valence-electron chi connectivity index (χ2n) is 2.27. The van der Waals surface area contributed by atoms with Gasteiger partial charge in [-0.3, -0.25) is 4.98 Å². The topological polar surface area (TPSA) is 24.9 Å². The van der Waals surface area contributed by atoms with E-state index in [0.717, 1.165) is 5.69 Å². The van der Waals surface area contributed by atoms with Crippen molar-refractivity contribution in [2.45, 2.75) is 6.92 Å². The Bertz CT molecular complexity index is 262. The van der Waals surface area contributed by atoms with E-state index in [2.05, 4.69) is 10.3 Å². The zero-order chi connectivity index (χ0) is 8.65. The summed E-state index contributed by atoms with van der Waals surface area (Å²) in [7, 11) is 0. The molecule has 2 heteroatoms. The van der Waals surface area contributed by atoms with Crippen LogP contribution in [0.15, 0.2) is 49.0 Å². The molecule has 0 aliphatic heterocycles. The van der Waals surface area contributed by atoms with E-state index in [9.17, 15) is 0 Å². The second-order valence-corrected chi connectivity index (χ2v) is 2.27. The lowest BCUT2D eigenvalue weighted by atomic mass is 10.4. The number of nitrogens with zero attached hydrogens (tertiary/aromatic N) is 1. The fourth-order valence-electron chi connectivity index (χ4n) is 0.759. The quantitative estimate of drug-likeness (QED) is 0.687. The number of hydrogen-bond donors (Lipinski definition) is 1. The maximum atomic E-state index is 3.91. The van der Waals surface area contributed by atoms with E-state index in [4.69, 9.17) is 0 Å². The highest BCUT2D eigenvalue weighted by Gasteiger charge is 1.81. The Kier molecular flexibility index (Phi) is 3.64. The molecule has 0 atom stereocenters. The molecular weight excluding hydrogens is 148 g/mol. The highest BCUT2D eigenvalue weighted by atomic mass is 14.8. The minimum Gasteiger partial charge on any atom is -0.362 e. The van der Waals surface area contributed by atoms with Crippen molar-refractivity contribution < 1.29 is 0 Å². The Morgan fingerprint density at radius 3 is 2.67 bits per heavy atom. The summed E-state index contributed by atoms with van der Waals surface area (Å²) < 4.78 is 0. The van der Waals surface area contributed by atoms with Crippen LogP contribution in [-0.2, 0) is 0 Å². The standard InChI is InChI=1S/C10H12N2/c1-2-3-4-7-12-10-5-8-11-9-6-10/h2-9H,1H3,(H,11,12)/b3-2-,7-4-. The van der Waals surface area contributed by atoms with Crippen LogP contribution < -0.4 is 5.32 Å². The van der Waals surface area contributed by atoms with Gasteiger partial charge in [-0.05, 0) is 25.1 Å². The summed E-state index contributed by atoms with van der Waals surface area (Å²) in [5.41, 5.74) is 1.05. The fourth-order valence-corrected chi connectivity index (χ4v) is 0.759. The molecule has 2 nitrogen and oxygen atoms in total. The summed E-state index contributed by atoms with van der Waals surface area (Å²) in [4.78, 5) is 3.91. The third kappa shape index (κ3) is 3.01. The van der Waals surface area contributed by atoms with Crippen LogP contribution in [0.2, 0.25) is 0 Å². The molecule has 12 heavy (non-hydrogen) atoms. The van der Waals surface area contributed by atoms with Crippen molar-refractivity contribution >= 4 is 5.69 Å². The zero-order valence-corrected chi connectivity index (χ0v) is 7.07. The Balaban J connectivity index is 2.43. The fraction of sp³-hybridized carbons (Fsp3) is 0.100. The molecule has 62 valence electrons. The Morgan fingerprint density at radius 1 is 1.25 bits per heavy atom. The van der Waals surface area contributed by atoms with Gasteiger partial charge in [-0.15, -0.1) is 0 Å². The molecule has 1 rings (SSSR count). The number of anilines is 1. The molecule has 0 saturated carbocycles. The summed E-state index contributed by atoms with van der Waals surface area (Å²) in [6.07, 6.45) is 11.3. The molecule has 0 radical (unpaired) electrons.